The highest BCUT2D eigenvalue weighted by atomic mass is 16.3. The van der Waals surface area contributed by atoms with E-state index in [0.717, 1.165) is 25.7 Å². The third-order valence-electron chi connectivity index (χ3n) is 2.07. The maximum atomic E-state index is 8.51. The number of hydrogen-bond donors (Lipinski definition) is 2. The monoisotopic (exact) mass is 218 g/mol. The molecular weight excluding hydrogens is 188 g/mol. The lowest BCUT2D eigenvalue weighted by Crippen LogP contribution is -1.85. The minimum atomic E-state index is 0.338. The minimum Gasteiger partial charge on any atom is -0.396 e. The van der Waals surface area contributed by atoms with Gasteiger partial charge in [-0.05, 0) is 12.8 Å². The highest BCUT2D eigenvalue weighted by molar-refractivity contribution is 4.45. The van der Waals surface area contributed by atoms with Crippen LogP contribution in [0.25, 0.3) is 0 Å². The van der Waals surface area contributed by atoms with Gasteiger partial charge in [-0.15, -0.1) is 0 Å². The molecule has 0 unspecified atom stereocenters. The van der Waals surface area contributed by atoms with E-state index in [1.165, 1.54) is 32.1 Å². The zero-order valence-electron chi connectivity index (χ0n) is 10.7. The van der Waals surface area contributed by atoms with Crippen LogP contribution < -0.4 is 0 Å². The molecule has 0 radical (unpaired) electrons. The first-order valence-corrected chi connectivity index (χ1v) is 6.55. The number of rotatable bonds is 9. The number of hydrogen-bond acceptors (Lipinski definition) is 2. The molecule has 0 aliphatic rings. The Kier molecular flexibility index (Phi) is 22.5. The van der Waals surface area contributed by atoms with Crippen LogP contribution in [-0.2, 0) is 0 Å². The Bertz CT molecular complexity index is 74.6. The Morgan fingerprint density at radius 1 is 0.533 bits per heavy atom. The molecule has 0 spiro atoms. The second kappa shape index (κ2) is 19.5. The number of aliphatic hydroxyl groups excluding tert-OH is 2. The van der Waals surface area contributed by atoms with Crippen molar-refractivity contribution in [2.24, 2.45) is 0 Å². The third kappa shape index (κ3) is 24.9. The van der Waals surface area contributed by atoms with Gasteiger partial charge in [0.05, 0.1) is 0 Å². The van der Waals surface area contributed by atoms with Crippen molar-refractivity contribution in [3.63, 3.8) is 0 Å². The average molecular weight is 218 g/mol. The second-order valence-corrected chi connectivity index (χ2v) is 3.98. The van der Waals surface area contributed by atoms with E-state index in [2.05, 4.69) is 13.8 Å². The summed E-state index contributed by atoms with van der Waals surface area (Å²) in [4.78, 5) is 0. The number of aliphatic hydroxyl groups is 2. The fourth-order valence-corrected chi connectivity index (χ4v) is 1.28. The predicted molar refractivity (Wildman–Crippen MR) is 67.1 cm³/mol. The van der Waals surface area contributed by atoms with Gasteiger partial charge in [-0.25, -0.2) is 0 Å². The molecule has 0 amide bonds. The zero-order chi connectivity index (χ0) is 11.8. The van der Waals surface area contributed by atoms with Crippen LogP contribution in [0.4, 0.5) is 0 Å². The molecule has 0 aromatic rings. The van der Waals surface area contributed by atoms with Gasteiger partial charge in [0.2, 0.25) is 0 Å². The van der Waals surface area contributed by atoms with E-state index in [-0.39, 0.29) is 0 Å². The molecule has 0 fully saturated rings. The van der Waals surface area contributed by atoms with Crippen LogP contribution in [0.2, 0.25) is 0 Å². The highest BCUT2D eigenvalue weighted by Gasteiger charge is 1.90. The van der Waals surface area contributed by atoms with Crippen LogP contribution in [0.5, 0.6) is 0 Å². The van der Waals surface area contributed by atoms with Crippen LogP contribution in [0.1, 0.15) is 71.6 Å². The van der Waals surface area contributed by atoms with E-state index in [0.29, 0.717) is 13.2 Å². The molecule has 94 valence electrons. The van der Waals surface area contributed by atoms with E-state index in [9.17, 15) is 0 Å². The Labute approximate surface area is 95.7 Å². The molecule has 0 saturated carbocycles. The summed E-state index contributed by atoms with van der Waals surface area (Å²) >= 11 is 0. The molecular formula is C13H30O2. The van der Waals surface area contributed by atoms with E-state index in [1.54, 1.807) is 0 Å². The first-order chi connectivity index (χ1) is 7.33. The van der Waals surface area contributed by atoms with Crippen molar-refractivity contribution in [1.82, 2.24) is 0 Å². The molecule has 0 rings (SSSR count). The van der Waals surface area contributed by atoms with Gasteiger partial charge in [0.1, 0.15) is 0 Å². The Morgan fingerprint density at radius 2 is 0.733 bits per heavy atom. The lowest BCUT2D eigenvalue weighted by Gasteiger charge is -1.99. The summed E-state index contributed by atoms with van der Waals surface area (Å²) in [5.41, 5.74) is 0. The van der Waals surface area contributed by atoms with Crippen molar-refractivity contribution >= 4 is 0 Å². The average Bonchev–Trinajstić information content (AvgIpc) is 2.23. The van der Waals surface area contributed by atoms with Gasteiger partial charge in [-0.1, -0.05) is 58.8 Å². The van der Waals surface area contributed by atoms with Crippen molar-refractivity contribution in [3.8, 4) is 0 Å². The smallest absolute Gasteiger partial charge is 0.0431 e. The lowest BCUT2D eigenvalue weighted by molar-refractivity contribution is 0.279. The van der Waals surface area contributed by atoms with Gasteiger partial charge in [0.25, 0.3) is 0 Å². The van der Waals surface area contributed by atoms with Gasteiger partial charge in [0.15, 0.2) is 0 Å². The first-order valence-electron chi connectivity index (χ1n) is 6.55. The molecule has 0 aliphatic carbocycles. The summed E-state index contributed by atoms with van der Waals surface area (Å²) in [6.45, 7) is 4.93. The standard InChI is InChI=1S/C10H22O2.C3H8/c11-9-7-5-3-1-2-4-6-8-10-12;1-3-2/h11-12H,1-10H2;3H2,1-2H3. The Morgan fingerprint density at radius 3 is 0.933 bits per heavy atom. The van der Waals surface area contributed by atoms with Crippen LogP contribution in [-0.4, -0.2) is 23.4 Å². The fraction of sp³-hybridized carbons (Fsp3) is 1.00. The zero-order valence-corrected chi connectivity index (χ0v) is 10.7. The SMILES string of the molecule is CCC.OCCCCCCCCCCO. The number of unbranched alkanes of at least 4 members (excludes halogenated alkanes) is 7. The molecule has 2 N–H and O–H groups in total. The summed E-state index contributed by atoms with van der Waals surface area (Å²) in [5, 5.41) is 17.0. The van der Waals surface area contributed by atoms with Gasteiger partial charge in [-0.2, -0.15) is 0 Å². The molecule has 0 saturated heterocycles. The van der Waals surface area contributed by atoms with E-state index in [4.69, 9.17) is 10.2 Å². The summed E-state index contributed by atoms with van der Waals surface area (Å²) in [7, 11) is 0. The van der Waals surface area contributed by atoms with E-state index >= 15 is 0 Å². The minimum absolute atomic E-state index is 0.338. The Hall–Kier alpha value is -0.0800. The normalized spacial score (nSPS) is 9.60. The predicted octanol–water partition coefficient (Wildman–Crippen LogP) is 3.51. The molecule has 2 heteroatoms. The summed E-state index contributed by atoms with van der Waals surface area (Å²) < 4.78 is 0. The molecule has 0 heterocycles. The Balaban J connectivity index is 0. The van der Waals surface area contributed by atoms with E-state index in [1.807, 2.05) is 0 Å². The highest BCUT2D eigenvalue weighted by Crippen LogP contribution is 2.07. The summed E-state index contributed by atoms with van der Waals surface area (Å²) in [6, 6.07) is 0. The van der Waals surface area contributed by atoms with Crippen molar-refractivity contribution in [1.29, 1.82) is 0 Å². The van der Waals surface area contributed by atoms with Gasteiger partial charge >= 0.3 is 0 Å². The molecule has 0 atom stereocenters. The second-order valence-electron chi connectivity index (χ2n) is 3.98. The van der Waals surface area contributed by atoms with Gasteiger partial charge in [-0.3, -0.25) is 0 Å². The van der Waals surface area contributed by atoms with Crippen LogP contribution in [0.3, 0.4) is 0 Å². The van der Waals surface area contributed by atoms with Crippen molar-refractivity contribution in [2.45, 2.75) is 71.6 Å². The quantitative estimate of drug-likeness (QED) is 0.581. The third-order valence-corrected chi connectivity index (χ3v) is 2.07. The van der Waals surface area contributed by atoms with Gasteiger partial charge in [0, 0.05) is 13.2 Å². The van der Waals surface area contributed by atoms with Crippen LogP contribution in [0.15, 0.2) is 0 Å². The van der Waals surface area contributed by atoms with E-state index < -0.39 is 0 Å². The topological polar surface area (TPSA) is 40.5 Å². The van der Waals surface area contributed by atoms with Crippen molar-refractivity contribution in [2.75, 3.05) is 13.2 Å². The fourth-order valence-electron chi connectivity index (χ4n) is 1.28. The van der Waals surface area contributed by atoms with Crippen LogP contribution in [0, 0.1) is 0 Å². The molecule has 2 nitrogen and oxygen atoms in total. The maximum Gasteiger partial charge on any atom is 0.0431 e. The summed E-state index contributed by atoms with van der Waals surface area (Å²) in [6.07, 6.45) is 10.6. The first kappa shape index (κ1) is 17.3. The van der Waals surface area contributed by atoms with Crippen LogP contribution >= 0.6 is 0 Å². The molecule has 0 aromatic carbocycles. The summed E-state index contributed by atoms with van der Waals surface area (Å²) in [5.74, 6) is 0. The largest absolute Gasteiger partial charge is 0.396 e. The molecule has 0 bridgehead atoms. The van der Waals surface area contributed by atoms with Crippen molar-refractivity contribution in [3.05, 3.63) is 0 Å². The van der Waals surface area contributed by atoms with Gasteiger partial charge < -0.3 is 10.2 Å². The molecule has 0 aromatic heterocycles. The lowest BCUT2D eigenvalue weighted by atomic mass is 10.1. The molecule has 15 heavy (non-hydrogen) atoms. The maximum absolute atomic E-state index is 8.51. The van der Waals surface area contributed by atoms with Crippen molar-refractivity contribution < 1.29 is 10.2 Å². The molecule has 0 aliphatic heterocycles.